The molecule has 0 atom stereocenters. The molecule has 21 heavy (non-hydrogen) atoms. The summed E-state index contributed by atoms with van der Waals surface area (Å²) in [4.78, 5) is 0. The van der Waals surface area contributed by atoms with Crippen LogP contribution in [0, 0.1) is 10.5 Å². The first kappa shape index (κ1) is 15.9. The normalized spacial score (nSPS) is 11.3. The van der Waals surface area contributed by atoms with E-state index in [1.165, 1.54) is 5.56 Å². The maximum absolute atomic E-state index is 5.96. The molecule has 0 saturated heterocycles. The highest BCUT2D eigenvalue weighted by Crippen LogP contribution is 2.22. The molecule has 110 valence electrons. The summed E-state index contributed by atoms with van der Waals surface area (Å²) in [6.07, 6.45) is 2.97. The molecule has 2 aromatic carbocycles. The Hall–Kier alpha value is -1.49. The minimum Gasteiger partial charge on any atom is -0.486 e. The van der Waals surface area contributed by atoms with E-state index >= 15 is 0 Å². The van der Waals surface area contributed by atoms with Gasteiger partial charge in [-0.25, -0.2) is 0 Å². The lowest BCUT2D eigenvalue weighted by Crippen LogP contribution is -2.08. The molecule has 0 spiro atoms. The van der Waals surface area contributed by atoms with Gasteiger partial charge in [0.05, 0.1) is 3.57 Å². The fourth-order valence-electron chi connectivity index (χ4n) is 1.82. The van der Waals surface area contributed by atoms with Crippen molar-refractivity contribution >= 4 is 22.6 Å². The van der Waals surface area contributed by atoms with Gasteiger partial charge in [0.1, 0.15) is 23.9 Å². The Morgan fingerprint density at radius 2 is 1.81 bits per heavy atom. The van der Waals surface area contributed by atoms with Gasteiger partial charge in [-0.2, -0.15) is 0 Å². The van der Waals surface area contributed by atoms with E-state index in [1.54, 1.807) is 0 Å². The van der Waals surface area contributed by atoms with Crippen molar-refractivity contribution in [3.63, 3.8) is 0 Å². The van der Waals surface area contributed by atoms with Gasteiger partial charge in [-0.1, -0.05) is 36.8 Å². The molecule has 2 aromatic rings. The number of ether oxygens (including phenoxy) is 2. The topological polar surface area (TPSA) is 18.5 Å². The summed E-state index contributed by atoms with van der Waals surface area (Å²) in [5.41, 5.74) is 1.22. The Balaban J connectivity index is 2.01. The predicted octanol–water partition coefficient (Wildman–Crippen LogP) is 5.35. The van der Waals surface area contributed by atoms with E-state index in [-0.39, 0.29) is 0 Å². The Morgan fingerprint density at radius 3 is 2.48 bits per heavy atom. The number of aryl methyl sites for hydroxylation is 1. The third-order valence-corrected chi connectivity index (χ3v) is 3.80. The monoisotopic (exact) mass is 394 g/mol. The first-order valence-electron chi connectivity index (χ1n) is 7.00. The Kier molecular flexibility index (Phi) is 6.11. The number of benzene rings is 2. The molecule has 0 aliphatic rings. The highest BCUT2D eigenvalue weighted by molar-refractivity contribution is 14.1. The molecule has 0 aromatic heterocycles. The molecule has 0 N–H and O–H groups in total. The number of hydrogen-bond acceptors (Lipinski definition) is 2. The van der Waals surface area contributed by atoms with E-state index in [9.17, 15) is 0 Å². The van der Waals surface area contributed by atoms with Crippen molar-refractivity contribution in [1.82, 2.24) is 0 Å². The molecular weight excluding hydrogens is 375 g/mol. The molecule has 2 nitrogen and oxygen atoms in total. The first-order valence-corrected chi connectivity index (χ1v) is 8.08. The third kappa shape index (κ3) is 5.08. The van der Waals surface area contributed by atoms with Crippen LogP contribution in [-0.2, 0) is 0 Å². The molecule has 2 rings (SSSR count). The molecule has 0 fully saturated rings. The standard InChI is InChI=1S/C18H19IO2/c1-3-6-16(21-18-8-5-4-7-17(18)19)13-20-15-11-9-14(2)10-12-15/h4-12H,3,13H2,1-2H3/b16-6+. The Morgan fingerprint density at radius 1 is 1.10 bits per heavy atom. The summed E-state index contributed by atoms with van der Waals surface area (Å²) in [5.74, 6) is 2.56. The van der Waals surface area contributed by atoms with Gasteiger partial charge >= 0.3 is 0 Å². The molecule has 0 aliphatic heterocycles. The fraction of sp³-hybridized carbons (Fsp3) is 0.222. The van der Waals surface area contributed by atoms with E-state index in [0.29, 0.717) is 6.61 Å². The Labute approximate surface area is 139 Å². The summed E-state index contributed by atoms with van der Waals surface area (Å²) < 4.78 is 12.8. The summed E-state index contributed by atoms with van der Waals surface area (Å²) >= 11 is 2.27. The number of hydrogen-bond donors (Lipinski definition) is 0. The minimum atomic E-state index is 0.432. The lowest BCUT2D eigenvalue weighted by molar-refractivity contribution is 0.278. The maximum Gasteiger partial charge on any atom is 0.145 e. The van der Waals surface area contributed by atoms with Crippen LogP contribution in [0.3, 0.4) is 0 Å². The van der Waals surface area contributed by atoms with Crippen LogP contribution in [0.2, 0.25) is 0 Å². The largest absolute Gasteiger partial charge is 0.486 e. The van der Waals surface area contributed by atoms with E-state index in [1.807, 2.05) is 48.5 Å². The van der Waals surface area contributed by atoms with Crippen molar-refractivity contribution in [2.75, 3.05) is 6.61 Å². The first-order chi connectivity index (χ1) is 10.2. The van der Waals surface area contributed by atoms with Crippen LogP contribution in [0.15, 0.2) is 60.4 Å². The zero-order valence-electron chi connectivity index (χ0n) is 12.3. The van der Waals surface area contributed by atoms with Crippen molar-refractivity contribution in [3.05, 3.63) is 69.5 Å². The summed E-state index contributed by atoms with van der Waals surface area (Å²) in [7, 11) is 0. The highest BCUT2D eigenvalue weighted by Gasteiger charge is 2.05. The number of para-hydroxylation sites is 1. The van der Waals surface area contributed by atoms with Gasteiger partial charge in [0.25, 0.3) is 0 Å². The van der Waals surface area contributed by atoms with Crippen molar-refractivity contribution < 1.29 is 9.47 Å². The SMILES string of the molecule is CC/C=C(\COc1ccc(C)cc1)Oc1ccccc1I. The van der Waals surface area contributed by atoms with Crippen LogP contribution in [0.4, 0.5) is 0 Å². The summed E-state index contributed by atoms with van der Waals surface area (Å²) in [5, 5.41) is 0. The molecule has 0 heterocycles. The average molecular weight is 394 g/mol. The van der Waals surface area contributed by atoms with Gasteiger partial charge in [-0.3, -0.25) is 0 Å². The maximum atomic E-state index is 5.96. The molecule has 3 heteroatoms. The van der Waals surface area contributed by atoms with Gasteiger partial charge in [-0.15, -0.1) is 0 Å². The van der Waals surface area contributed by atoms with Crippen LogP contribution in [0.25, 0.3) is 0 Å². The van der Waals surface area contributed by atoms with Crippen LogP contribution in [0.1, 0.15) is 18.9 Å². The van der Waals surface area contributed by atoms with Gasteiger partial charge < -0.3 is 9.47 Å². The average Bonchev–Trinajstić information content (AvgIpc) is 2.49. The molecule has 0 aliphatic carbocycles. The second-order valence-corrected chi connectivity index (χ2v) is 5.88. The van der Waals surface area contributed by atoms with E-state index < -0.39 is 0 Å². The smallest absolute Gasteiger partial charge is 0.145 e. The number of rotatable bonds is 6. The summed E-state index contributed by atoms with van der Waals surface area (Å²) in [6, 6.07) is 16.0. The quantitative estimate of drug-likeness (QED) is 0.486. The van der Waals surface area contributed by atoms with E-state index in [0.717, 1.165) is 27.2 Å². The van der Waals surface area contributed by atoms with Gasteiger partial charge in [-0.05, 0) is 66.3 Å². The lowest BCUT2D eigenvalue weighted by atomic mass is 10.2. The zero-order chi connectivity index (χ0) is 15.1. The van der Waals surface area contributed by atoms with Gasteiger partial charge in [0.2, 0.25) is 0 Å². The fourth-order valence-corrected chi connectivity index (χ4v) is 2.31. The molecule has 0 amide bonds. The molecule has 0 radical (unpaired) electrons. The van der Waals surface area contributed by atoms with Gasteiger partial charge in [0.15, 0.2) is 0 Å². The van der Waals surface area contributed by atoms with Crippen LogP contribution in [0.5, 0.6) is 11.5 Å². The highest BCUT2D eigenvalue weighted by atomic mass is 127. The third-order valence-electron chi connectivity index (χ3n) is 2.91. The van der Waals surface area contributed by atoms with E-state index in [2.05, 4.69) is 42.5 Å². The van der Waals surface area contributed by atoms with Gasteiger partial charge in [0, 0.05) is 0 Å². The number of allylic oxidation sites excluding steroid dienone is 1. The number of halogens is 1. The minimum absolute atomic E-state index is 0.432. The Bertz CT molecular complexity index is 603. The predicted molar refractivity (Wildman–Crippen MR) is 94.8 cm³/mol. The van der Waals surface area contributed by atoms with Crippen molar-refractivity contribution in [3.8, 4) is 11.5 Å². The zero-order valence-corrected chi connectivity index (χ0v) is 14.5. The summed E-state index contributed by atoms with van der Waals surface area (Å²) in [6.45, 7) is 4.58. The molecule has 0 saturated carbocycles. The molecule has 0 bridgehead atoms. The van der Waals surface area contributed by atoms with Crippen LogP contribution < -0.4 is 9.47 Å². The second-order valence-electron chi connectivity index (χ2n) is 4.71. The molecule has 0 unspecified atom stereocenters. The van der Waals surface area contributed by atoms with Crippen LogP contribution >= 0.6 is 22.6 Å². The van der Waals surface area contributed by atoms with Crippen molar-refractivity contribution in [2.45, 2.75) is 20.3 Å². The van der Waals surface area contributed by atoms with Crippen LogP contribution in [-0.4, -0.2) is 6.61 Å². The van der Waals surface area contributed by atoms with E-state index in [4.69, 9.17) is 9.47 Å². The molecular formula is C18H19IO2. The van der Waals surface area contributed by atoms with Crippen molar-refractivity contribution in [1.29, 1.82) is 0 Å². The van der Waals surface area contributed by atoms with Crippen molar-refractivity contribution in [2.24, 2.45) is 0 Å². The lowest BCUT2D eigenvalue weighted by Gasteiger charge is -2.13. The second kappa shape index (κ2) is 8.08.